The topological polar surface area (TPSA) is 29.3 Å². The third-order valence-electron chi connectivity index (χ3n) is 3.84. The molecule has 1 aliphatic heterocycles. The van der Waals surface area contributed by atoms with Gasteiger partial charge < -0.3 is 5.73 Å². The van der Waals surface area contributed by atoms with Gasteiger partial charge in [0.2, 0.25) is 0 Å². The highest BCUT2D eigenvalue weighted by Gasteiger charge is 2.20. The van der Waals surface area contributed by atoms with Crippen LogP contribution in [0.2, 0.25) is 0 Å². The van der Waals surface area contributed by atoms with E-state index in [1.54, 1.807) is 0 Å². The summed E-state index contributed by atoms with van der Waals surface area (Å²) < 4.78 is 0. The van der Waals surface area contributed by atoms with E-state index in [0.717, 1.165) is 19.5 Å². The average molecular weight is 232 g/mol. The van der Waals surface area contributed by atoms with Gasteiger partial charge in [0.15, 0.2) is 0 Å². The summed E-state index contributed by atoms with van der Waals surface area (Å²) in [5.74, 6) is 0. The molecule has 1 saturated heterocycles. The molecule has 0 aromatic heterocycles. The lowest BCUT2D eigenvalue weighted by atomic mass is 10.0. The van der Waals surface area contributed by atoms with Gasteiger partial charge in [-0.2, -0.15) is 0 Å². The minimum atomic E-state index is 0.592. The maximum absolute atomic E-state index is 5.85. The Bertz CT molecular complexity index is 331. The van der Waals surface area contributed by atoms with E-state index in [2.05, 4.69) is 36.1 Å². The minimum absolute atomic E-state index is 0.592. The van der Waals surface area contributed by atoms with Gasteiger partial charge in [0.1, 0.15) is 0 Å². The quantitative estimate of drug-likeness (QED) is 0.864. The van der Waals surface area contributed by atoms with E-state index >= 15 is 0 Å². The molecule has 17 heavy (non-hydrogen) atoms. The van der Waals surface area contributed by atoms with Crippen LogP contribution < -0.4 is 5.73 Å². The summed E-state index contributed by atoms with van der Waals surface area (Å²) in [4.78, 5) is 2.55. The van der Waals surface area contributed by atoms with Crippen LogP contribution in [-0.4, -0.2) is 24.0 Å². The van der Waals surface area contributed by atoms with E-state index in [1.165, 1.54) is 36.9 Å². The van der Waals surface area contributed by atoms with E-state index in [1.807, 2.05) is 0 Å². The van der Waals surface area contributed by atoms with Gasteiger partial charge in [-0.05, 0) is 36.9 Å². The molecule has 0 amide bonds. The van der Waals surface area contributed by atoms with Crippen molar-refractivity contribution in [3.8, 4) is 0 Å². The van der Waals surface area contributed by atoms with Gasteiger partial charge in [-0.3, -0.25) is 4.90 Å². The molecule has 1 unspecified atom stereocenters. The molecule has 94 valence electrons. The Balaban J connectivity index is 1.98. The van der Waals surface area contributed by atoms with Crippen molar-refractivity contribution >= 4 is 0 Å². The molecular formula is C15H24N2. The molecule has 1 atom stereocenters. The number of aryl methyl sites for hydroxylation is 1. The molecule has 1 heterocycles. The fourth-order valence-corrected chi connectivity index (χ4v) is 2.65. The summed E-state index contributed by atoms with van der Waals surface area (Å²) in [6, 6.07) is 9.62. The molecule has 2 N–H and O–H groups in total. The fourth-order valence-electron chi connectivity index (χ4n) is 2.65. The fraction of sp³-hybridized carbons (Fsp3) is 0.600. The van der Waals surface area contributed by atoms with Crippen LogP contribution in [0.1, 0.15) is 37.3 Å². The van der Waals surface area contributed by atoms with Gasteiger partial charge in [-0.15, -0.1) is 0 Å². The molecule has 2 heteroatoms. The first kappa shape index (κ1) is 12.6. The molecular weight excluding hydrogens is 208 g/mol. The zero-order valence-electron chi connectivity index (χ0n) is 10.9. The first-order chi connectivity index (χ1) is 8.33. The highest BCUT2D eigenvalue weighted by molar-refractivity contribution is 5.22. The van der Waals surface area contributed by atoms with Crippen LogP contribution in [-0.2, 0) is 13.0 Å². The van der Waals surface area contributed by atoms with Gasteiger partial charge in [0.05, 0.1) is 0 Å². The molecule has 1 aromatic carbocycles. The number of hydrogen-bond acceptors (Lipinski definition) is 2. The maximum atomic E-state index is 5.85. The summed E-state index contributed by atoms with van der Waals surface area (Å²) in [7, 11) is 0. The second-order valence-corrected chi connectivity index (χ2v) is 5.03. The third kappa shape index (κ3) is 3.30. The number of rotatable bonds is 4. The lowest BCUT2D eigenvalue weighted by Crippen LogP contribution is -2.43. The van der Waals surface area contributed by atoms with Crippen LogP contribution in [0.3, 0.4) is 0 Å². The van der Waals surface area contributed by atoms with E-state index in [9.17, 15) is 0 Å². The highest BCUT2D eigenvalue weighted by atomic mass is 15.2. The minimum Gasteiger partial charge on any atom is -0.329 e. The largest absolute Gasteiger partial charge is 0.329 e. The SMILES string of the molecule is CCc1ccc(CN2CCCCC2CN)cc1. The molecule has 1 aliphatic rings. The zero-order valence-corrected chi connectivity index (χ0v) is 10.9. The summed E-state index contributed by atoms with van der Waals surface area (Å²) in [6.45, 7) is 5.26. The number of nitrogens with zero attached hydrogens (tertiary/aromatic N) is 1. The Labute approximate surface area is 105 Å². The normalized spacial score (nSPS) is 21.6. The van der Waals surface area contributed by atoms with Gasteiger partial charge in [-0.1, -0.05) is 37.6 Å². The van der Waals surface area contributed by atoms with Crippen molar-refractivity contribution in [1.29, 1.82) is 0 Å². The predicted octanol–water partition coefficient (Wildman–Crippen LogP) is 2.56. The Hall–Kier alpha value is -0.860. The molecule has 1 aromatic rings. The van der Waals surface area contributed by atoms with Crippen LogP contribution in [0.4, 0.5) is 0 Å². The molecule has 0 saturated carbocycles. The van der Waals surface area contributed by atoms with Crippen molar-refractivity contribution in [3.63, 3.8) is 0 Å². The van der Waals surface area contributed by atoms with E-state index in [4.69, 9.17) is 5.73 Å². The van der Waals surface area contributed by atoms with Gasteiger partial charge in [0.25, 0.3) is 0 Å². The number of hydrogen-bond donors (Lipinski definition) is 1. The smallest absolute Gasteiger partial charge is 0.0237 e. The lowest BCUT2D eigenvalue weighted by Gasteiger charge is -2.35. The van der Waals surface area contributed by atoms with Crippen molar-refractivity contribution < 1.29 is 0 Å². The average Bonchev–Trinajstić information content (AvgIpc) is 2.40. The molecule has 1 fully saturated rings. The van der Waals surface area contributed by atoms with Crippen LogP contribution in [0.15, 0.2) is 24.3 Å². The van der Waals surface area contributed by atoms with Gasteiger partial charge in [0, 0.05) is 19.1 Å². The molecule has 0 radical (unpaired) electrons. The molecule has 0 bridgehead atoms. The Morgan fingerprint density at radius 1 is 1.18 bits per heavy atom. The van der Waals surface area contributed by atoms with Crippen LogP contribution in [0, 0.1) is 0 Å². The highest BCUT2D eigenvalue weighted by Crippen LogP contribution is 2.19. The number of piperidine rings is 1. The van der Waals surface area contributed by atoms with Crippen LogP contribution >= 0.6 is 0 Å². The molecule has 2 rings (SSSR count). The summed E-state index contributed by atoms with van der Waals surface area (Å²) in [6.07, 6.45) is 5.05. The van der Waals surface area contributed by atoms with Crippen molar-refractivity contribution in [2.45, 2.75) is 45.2 Å². The monoisotopic (exact) mass is 232 g/mol. The molecule has 0 aliphatic carbocycles. The van der Waals surface area contributed by atoms with Crippen molar-refractivity contribution in [3.05, 3.63) is 35.4 Å². The van der Waals surface area contributed by atoms with E-state index in [-0.39, 0.29) is 0 Å². The number of benzene rings is 1. The van der Waals surface area contributed by atoms with Crippen molar-refractivity contribution in [1.82, 2.24) is 4.90 Å². The zero-order chi connectivity index (χ0) is 12.1. The first-order valence-corrected chi connectivity index (χ1v) is 6.85. The van der Waals surface area contributed by atoms with Crippen molar-refractivity contribution in [2.24, 2.45) is 5.73 Å². The van der Waals surface area contributed by atoms with E-state index in [0.29, 0.717) is 6.04 Å². The van der Waals surface area contributed by atoms with Crippen LogP contribution in [0.5, 0.6) is 0 Å². The van der Waals surface area contributed by atoms with Gasteiger partial charge in [-0.25, -0.2) is 0 Å². The summed E-state index contributed by atoms with van der Waals surface area (Å²) in [5, 5.41) is 0. The second kappa shape index (κ2) is 6.18. The third-order valence-corrected chi connectivity index (χ3v) is 3.84. The Morgan fingerprint density at radius 3 is 2.53 bits per heavy atom. The summed E-state index contributed by atoms with van der Waals surface area (Å²) >= 11 is 0. The summed E-state index contributed by atoms with van der Waals surface area (Å²) in [5.41, 5.74) is 8.69. The Morgan fingerprint density at radius 2 is 1.88 bits per heavy atom. The number of nitrogens with two attached hydrogens (primary N) is 1. The van der Waals surface area contributed by atoms with Crippen LogP contribution in [0.25, 0.3) is 0 Å². The second-order valence-electron chi connectivity index (χ2n) is 5.03. The maximum Gasteiger partial charge on any atom is 0.0237 e. The molecule has 0 spiro atoms. The van der Waals surface area contributed by atoms with Crippen molar-refractivity contribution in [2.75, 3.05) is 13.1 Å². The predicted molar refractivity (Wildman–Crippen MR) is 72.9 cm³/mol. The standard InChI is InChI=1S/C15H24N2/c1-2-13-6-8-14(9-7-13)12-17-10-4-3-5-15(17)11-16/h6-9,15H,2-5,10-12,16H2,1H3. The van der Waals surface area contributed by atoms with Gasteiger partial charge >= 0.3 is 0 Å². The molecule has 2 nitrogen and oxygen atoms in total. The Kier molecular flexibility index (Phi) is 4.57. The lowest BCUT2D eigenvalue weighted by molar-refractivity contribution is 0.145. The number of likely N-dealkylation sites (tertiary alicyclic amines) is 1. The van der Waals surface area contributed by atoms with E-state index < -0.39 is 0 Å². The first-order valence-electron chi connectivity index (χ1n) is 6.85.